The molecule has 32 heavy (non-hydrogen) atoms. The van der Waals surface area contributed by atoms with E-state index in [1.165, 1.54) is 17.0 Å². The summed E-state index contributed by atoms with van der Waals surface area (Å²) in [6, 6.07) is 9.71. The predicted octanol–water partition coefficient (Wildman–Crippen LogP) is 5.57. The Bertz CT molecular complexity index is 1080. The van der Waals surface area contributed by atoms with Crippen molar-refractivity contribution in [2.45, 2.75) is 33.4 Å². The predicted molar refractivity (Wildman–Crippen MR) is 126 cm³/mol. The van der Waals surface area contributed by atoms with E-state index >= 15 is 0 Å². The second-order valence-electron chi connectivity index (χ2n) is 7.19. The van der Waals surface area contributed by atoms with Gasteiger partial charge < -0.3 is 14.6 Å². The van der Waals surface area contributed by atoms with Gasteiger partial charge in [0.15, 0.2) is 11.5 Å². The molecule has 0 bridgehead atoms. The van der Waals surface area contributed by atoms with Crippen molar-refractivity contribution < 1.29 is 29.0 Å². The zero-order chi connectivity index (χ0) is 23.4. The SMILES string of the molecule is CCOc1cc(/C=C2\SC(=O)N(C(C)C)C2=O)c(Br)cc1OCc1ccc(C(=O)O)cc1. The van der Waals surface area contributed by atoms with E-state index in [1.807, 2.05) is 6.92 Å². The van der Waals surface area contributed by atoms with Gasteiger partial charge in [0.2, 0.25) is 0 Å². The number of carbonyl (C=O) groups is 3. The summed E-state index contributed by atoms with van der Waals surface area (Å²) in [7, 11) is 0. The Morgan fingerprint density at radius 2 is 1.81 bits per heavy atom. The minimum Gasteiger partial charge on any atom is -0.490 e. The first-order chi connectivity index (χ1) is 15.2. The fourth-order valence-electron chi connectivity index (χ4n) is 3.01. The Hall–Kier alpha value is -2.78. The average Bonchev–Trinajstić information content (AvgIpc) is 3.02. The van der Waals surface area contributed by atoms with E-state index in [1.54, 1.807) is 44.2 Å². The summed E-state index contributed by atoms with van der Waals surface area (Å²) in [5.74, 6) is -0.312. The highest BCUT2D eigenvalue weighted by Crippen LogP contribution is 2.39. The maximum Gasteiger partial charge on any atom is 0.335 e. The third-order valence-electron chi connectivity index (χ3n) is 4.58. The second kappa shape index (κ2) is 10.2. The number of carboxylic acids is 1. The lowest BCUT2D eigenvalue weighted by molar-refractivity contribution is -0.123. The first kappa shape index (κ1) is 23.9. The van der Waals surface area contributed by atoms with Crippen LogP contribution < -0.4 is 9.47 Å². The van der Waals surface area contributed by atoms with Crippen LogP contribution in [-0.4, -0.2) is 39.8 Å². The summed E-state index contributed by atoms with van der Waals surface area (Å²) in [4.78, 5) is 37.3. The molecule has 3 rings (SSSR count). The number of rotatable bonds is 8. The minimum atomic E-state index is -0.984. The fourth-order valence-corrected chi connectivity index (χ4v) is 4.40. The number of ether oxygens (including phenoxy) is 2. The standard InChI is InChI=1S/C23H22BrNO6S/c1-4-30-18-9-16(10-20-21(26)25(13(2)3)23(29)32-20)17(24)11-19(18)31-12-14-5-7-15(8-6-14)22(27)28/h5-11,13H,4,12H2,1-3H3,(H,27,28)/b20-10-. The van der Waals surface area contributed by atoms with Crippen LogP contribution in [0.5, 0.6) is 11.5 Å². The number of hydrogen-bond acceptors (Lipinski definition) is 6. The molecule has 7 nitrogen and oxygen atoms in total. The van der Waals surface area contributed by atoms with Crippen molar-refractivity contribution in [1.82, 2.24) is 4.90 Å². The van der Waals surface area contributed by atoms with Gasteiger partial charge in [-0.05, 0) is 74.0 Å². The van der Waals surface area contributed by atoms with E-state index < -0.39 is 5.97 Å². The lowest BCUT2D eigenvalue weighted by atomic mass is 10.1. The molecule has 0 atom stereocenters. The minimum absolute atomic E-state index is 0.206. The number of benzene rings is 2. The highest BCUT2D eigenvalue weighted by molar-refractivity contribution is 9.10. The number of carbonyl (C=O) groups excluding carboxylic acids is 2. The molecule has 0 unspecified atom stereocenters. The molecule has 2 aromatic carbocycles. The molecule has 0 saturated carbocycles. The lowest BCUT2D eigenvalue weighted by Gasteiger charge is -2.16. The highest BCUT2D eigenvalue weighted by Gasteiger charge is 2.36. The quantitative estimate of drug-likeness (QED) is 0.455. The van der Waals surface area contributed by atoms with E-state index in [0.717, 1.165) is 17.3 Å². The zero-order valence-corrected chi connectivity index (χ0v) is 20.2. The highest BCUT2D eigenvalue weighted by atomic mass is 79.9. The summed E-state index contributed by atoms with van der Waals surface area (Å²) < 4.78 is 12.3. The van der Waals surface area contributed by atoms with E-state index in [4.69, 9.17) is 14.6 Å². The summed E-state index contributed by atoms with van der Waals surface area (Å²) in [6.45, 7) is 6.07. The maximum atomic E-state index is 12.6. The number of aromatic carboxylic acids is 1. The van der Waals surface area contributed by atoms with Crippen molar-refractivity contribution in [3.63, 3.8) is 0 Å². The first-order valence-corrected chi connectivity index (χ1v) is 11.5. The van der Waals surface area contributed by atoms with Crippen molar-refractivity contribution in [3.05, 3.63) is 62.5 Å². The van der Waals surface area contributed by atoms with Gasteiger partial charge in [0, 0.05) is 10.5 Å². The Kier molecular flexibility index (Phi) is 7.63. The van der Waals surface area contributed by atoms with Crippen LogP contribution in [0.15, 0.2) is 45.8 Å². The molecule has 1 aliphatic rings. The molecule has 0 aromatic heterocycles. The third-order valence-corrected chi connectivity index (χ3v) is 6.16. The van der Waals surface area contributed by atoms with Crippen molar-refractivity contribution >= 4 is 50.9 Å². The summed E-state index contributed by atoms with van der Waals surface area (Å²) >= 11 is 4.42. The van der Waals surface area contributed by atoms with Crippen LogP contribution in [0.4, 0.5) is 4.79 Å². The van der Waals surface area contributed by atoms with Gasteiger partial charge in [-0.15, -0.1) is 0 Å². The molecule has 2 aromatic rings. The van der Waals surface area contributed by atoms with Crippen molar-refractivity contribution in [3.8, 4) is 11.5 Å². The summed E-state index contributed by atoms with van der Waals surface area (Å²) in [5, 5.41) is 8.72. The molecule has 1 N–H and O–H groups in total. The average molecular weight is 520 g/mol. The Morgan fingerprint density at radius 1 is 1.16 bits per heavy atom. The maximum absolute atomic E-state index is 12.6. The van der Waals surface area contributed by atoms with Crippen LogP contribution in [0, 0.1) is 0 Å². The van der Waals surface area contributed by atoms with Gasteiger partial charge in [0.05, 0.1) is 17.1 Å². The van der Waals surface area contributed by atoms with E-state index in [-0.39, 0.29) is 29.4 Å². The second-order valence-corrected chi connectivity index (χ2v) is 9.04. The largest absolute Gasteiger partial charge is 0.490 e. The van der Waals surface area contributed by atoms with Crippen molar-refractivity contribution in [2.75, 3.05) is 6.61 Å². The molecule has 168 valence electrons. The lowest BCUT2D eigenvalue weighted by Crippen LogP contribution is -2.34. The number of imide groups is 1. The molecule has 0 spiro atoms. The topological polar surface area (TPSA) is 93.1 Å². The first-order valence-electron chi connectivity index (χ1n) is 9.89. The molecule has 1 heterocycles. The Balaban J connectivity index is 1.84. The number of hydrogen-bond donors (Lipinski definition) is 1. The van der Waals surface area contributed by atoms with E-state index in [9.17, 15) is 14.4 Å². The Morgan fingerprint density at radius 3 is 2.38 bits per heavy atom. The summed E-state index contributed by atoms with van der Waals surface area (Å²) in [5.41, 5.74) is 1.69. The Labute approximate surface area is 198 Å². The number of halogens is 1. The number of nitrogens with zero attached hydrogens (tertiary/aromatic N) is 1. The van der Waals surface area contributed by atoms with E-state index in [0.29, 0.717) is 33.0 Å². The number of amides is 2. The fraction of sp³-hybridized carbons (Fsp3) is 0.261. The van der Waals surface area contributed by atoms with Crippen LogP contribution in [0.25, 0.3) is 6.08 Å². The van der Waals surface area contributed by atoms with Gasteiger partial charge in [-0.25, -0.2) is 4.79 Å². The number of thioether (sulfide) groups is 1. The molecule has 1 aliphatic heterocycles. The smallest absolute Gasteiger partial charge is 0.335 e. The molecule has 0 aliphatic carbocycles. The van der Waals surface area contributed by atoms with Gasteiger partial charge in [0.1, 0.15) is 6.61 Å². The molecular formula is C23H22BrNO6S. The summed E-state index contributed by atoms with van der Waals surface area (Å²) in [6.07, 6.45) is 1.66. The van der Waals surface area contributed by atoms with Crippen LogP contribution in [-0.2, 0) is 11.4 Å². The monoisotopic (exact) mass is 519 g/mol. The van der Waals surface area contributed by atoms with Crippen LogP contribution in [0.3, 0.4) is 0 Å². The van der Waals surface area contributed by atoms with Gasteiger partial charge in [0.25, 0.3) is 11.1 Å². The number of carboxylic acid groups (broad SMARTS) is 1. The third kappa shape index (κ3) is 5.34. The molecule has 9 heteroatoms. The molecule has 1 fully saturated rings. The zero-order valence-electron chi connectivity index (χ0n) is 17.8. The van der Waals surface area contributed by atoms with Crippen molar-refractivity contribution in [1.29, 1.82) is 0 Å². The molecule has 1 saturated heterocycles. The van der Waals surface area contributed by atoms with Gasteiger partial charge in [-0.1, -0.05) is 28.1 Å². The van der Waals surface area contributed by atoms with Gasteiger partial charge in [-0.2, -0.15) is 0 Å². The van der Waals surface area contributed by atoms with Crippen LogP contribution >= 0.6 is 27.7 Å². The van der Waals surface area contributed by atoms with Crippen LogP contribution in [0.1, 0.15) is 42.3 Å². The molecule has 0 radical (unpaired) electrons. The molecule has 2 amide bonds. The van der Waals surface area contributed by atoms with Gasteiger partial charge >= 0.3 is 5.97 Å². The molecular weight excluding hydrogens is 498 g/mol. The normalized spacial score (nSPS) is 15.0. The van der Waals surface area contributed by atoms with Gasteiger partial charge in [-0.3, -0.25) is 14.5 Å². The van der Waals surface area contributed by atoms with Crippen molar-refractivity contribution in [2.24, 2.45) is 0 Å². The van der Waals surface area contributed by atoms with Crippen LogP contribution in [0.2, 0.25) is 0 Å². The van der Waals surface area contributed by atoms with E-state index in [2.05, 4.69) is 15.9 Å².